The number of amides is 1. The van der Waals surface area contributed by atoms with Crippen LogP contribution in [0.5, 0.6) is 5.88 Å². The quantitative estimate of drug-likeness (QED) is 0.299. The van der Waals surface area contributed by atoms with Crippen molar-refractivity contribution in [2.75, 3.05) is 29.0 Å². The molecule has 1 spiro atoms. The van der Waals surface area contributed by atoms with Crippen molar-refractivity contribution in [1.29, 1.82) is 0 Å². The van der Waals surface area contributed by atoms with E-state index in [2.05, 4.69) is 37.3 Å². The van der Waals surface area contributed by atoms with Crippen LogP contribution in [-0.4, -0.2) is 48.7 Å². The van der Waals surface area contributed by atoms with Gasteiger partial charge in [0.2, 0.25) is 11.8 Å². The molecule has 4 N–H and O–H groups in total. The minimum Gasteiger partial charge on any atom is -0.493 e. The standard InChI is InChI=1S/C28H29ClN8O3S/c1-16-6-5-10-28(16)11-14-36(15-12-28)27-33-22(30)25(34-35-27)41-18-8-4-7-17(21(18)29)31-23(38)20-24(39)32-19-9-2-3-13-37(19)26(20)40/h2-4,7-9,13,16,39H,5-6,10-12,14-15H2,1H3,(H,31,38)(H2,30,33,35)/t16-/m1/s1. The number of rotatable bonds is 5. The lowest BCUT2D eigenvalue weighted by Gasteiger charge is -2.42. The second-order valence-corrected chi connectivity index (χ2v) is 12.1. The van der Waals surface area contributed by atoms with E-state index in [1.54, 1.807) is 36.4 Å². The molecular weight excluding hydrogens is 564 g/mol. The van der Waals surface area contributed by atoms with Crippen molar-refractivity contribution in [3.05, 3.63) is 63.5 Å². The van der Waals surface area contributed by atoms with Crippen LogP contribution in [0.2, 0.25) is 5.02 Å². The summed E-state index contributed by atoms with van der Waals surface area (Å²) >= 11 is 7.79. The molecule has 41 heavy (non-hydrogen) atoms. The molecule has 13 heteroatoms. The zero-order chi connectivity index (χ0) is 28.7. The third kappa shape index (κ3) is 5.06. The van der Waals surface area contributed by atoms with Crippen LogP contribution in [0.1, 0.15) is 49.4 Å². The summed E-state index contributed by atoms with van der Waals surface area (Å²) in [5.74, 6) is 0.00268. The Bertz CT molecular complexity index is 1710. The van der Waals surface area contributed by atoms with E-state index in [4.69, 9.17) is 17.3 Å². The van der Waals surface area contributed by atoms with Crippen molar-refractivity contribution in [1.82, 2.24) is 24.6 Å². The van der Waals surface area contributed by atoms with Crippen LogP contribution in [0, 0.1) is 11.3 Å². The Balaban J connectivity index is 1.18. The third-order valence-corrected chi connectivity index (χ3v) is 9.99. The Morgan fingerprint density at radius 1 is 1.15 bits per heavy atom. The van der Waals surface area contributed by atoms with E-state index in [0.29, 0.717) is 21.3 Å². The highest BCUT2D eigenvalue weighted by atomic mass is 35.5. The molecule has 1 aliphatic carbocycles. The summed E-state index contributed by atoms with van der Waals surface area (Å²) in [6.07, 6.45) is 7.65. The number of nitrogens with zero attached hydrogens (tertiary/aromatic N) is 6. The smallest absolute Gasteiger partial charge is 0.274 e. The van der Waals surface area contributed by atoms with Crippen molar-refractivity contribution >= 4 is 52.4 Å². The van der Waals surface area contributed by atoms with Gasteiger partial charge in [0, 0.05) is 24.2 Å². The van der Waals surface area contributed by atoms with Crippen LogP contribution < -0.4 is 21.5 Å². The average Bonchev–Trinajstić information content (AvgIpc) is 3.31. The predicted molar refractivity (Wildman–Crippen MR) is 158 cm³/mol. The molecule has 3 aromatic heterocycles. The SMILES string of the molecule is C[C@@H]1CCCC12CCN(c1nnc(Sc3cccc(NC(=O)c4c(O)nc5ccccn5c4=O)c3Cl)c(N)n1)CC2. The van der Waals surface area contributed by atoms with Gasteiger partial charge >= 0.3 is 0 Å². The Morgan fingerprint density at radius 3 is 2.68 bits per heavy atom. The number of benzene rings is 1. The topological polar surface area (TPSA) is 152 Å². The summed E-state index contributed by atoms with van der Waals surface area (Å²) in [7, 11) is 0. The highest BCUT2D eigenvalue weighted by Gasteiger charge is 2.42. The Kier molecular flexibility index (Phi) is 7.20. The second-order valence-electron chi connectivity index (χ2n) is 10.7. The van der Waals surface area contributed by atoms with E-state index >= 15 is 0 Å². The lowest BCUT2D eigenvalue weighted by atomic mass is 9.71. The average molecular weight is 593 g/mol. The summed E-state index contributed by atoms with van der Waals surface area (Å²) in [6.45, 7) is 4.15. The molecule has 0 bridgehead atoms. The monoisotopic (exact) mass is 592 g/mol. The van der Waals surface area contributed by atoms with Crippen molar-refractivity contribution in [2.45, 2.75) is 48.9 Å². The van der Waals surface area contributed by atoms with Crippen LogP contribution in [-0.2, 0) is 0 Å². The van der Waals surface area contributed by atoms with E-state index in [1.165, 1.54) is 41.6 Å². The molecule has 1 amide bonds. The lowest BCUT2D eigenvalue weighted by Crippen LogP contribution is -2.42. The van der Waals surface area contributed by atoms with Crippen LogP contribution in [0.25, 0.3) is 5.65 Å². The van der Waals surface area contributed by atoms with E-state index in [-0.39, 0.29) is 22.2 Å². The van der Waals surface area contributed by atoms with Crippen LogP contribution in [0.3, 0.4) is 0 Å². The molecule has 1 aliphatic heterocycles. The van der Waals surface area contributed by atoms with Crippen molar-refractivity contribution in [2.24, 2.45) is 11.3 Å². The number of nitrogens with two attached hydrogens (primary N) is 1. The third-order valence-electron chi connectivity index (χ3n) is 8.43. The van der Waals surface area contributed by atoms with Crippen LogP contribution in [0.4, 0.5) is 17.5 Å². The van der Waals surface area contributed by atoms with Gasteiger partial charge in [-0.3, -0.25) is 14.0 Å². The number of nitrogens with one attached hydrogen (secondary N) is 1. The number of hydrogen-bond acceptors (Lipinski definition) is 10. The molecule has 4 heterocycles. The van der Waals surface area contributed by atoms with Crippen molar-refractivity contribution in [3.8, 4) is 5.88 Å². The van der Waals surface area contributed by atoms with Gasteiger partial charge in [0.05, 0.1) is 10.7 Å². The minimum atomic E-state index is -0.845. The highest BCUT2D eigenvalue weighted by Crippen LogP contribution is 2.50. The lowest BCUT2D eigenvalue weighted by molar-refractivity contribution is 0.102. The molecule has 11 nitrogen and oxygen atoms in total. The number of pyridine rings is 1. The maximum absolute atomic E-state index is 13.0. The predicted octanol–water partition coefficient (Wildman–Crippen LogP) is 4.63. The molecule has 1 atom stereocenters. The zero-order valence-corrected chi connectivity index (χ0v) is 24.0. The number of fused-ring (bicyclic) bond motifs is 1. The fourth-order valence-electron chi connectivity index (χ4n) is 5.98. The summed E-state index contributed by atoms with van der Waals surface area (Å²) in [5.41, 5.74) is 5.98. The number of nitrogen functional groups attached to an aromatic ring is 1. The summed E-state index contributed by atoms with van der Waals surface area (Å²) in [4.78, 5) is 37.1. The normalized spacial score (nSPS) is 18.2. The Morgan fingerprint density at radius 2 is 1.95 bits per heavy atom. The number of piperidine rings is 1. The number of carbonyl (C=O) groups excluding carboxylic acids is 1. The first-order valence-corrected chi connectivity index (χ1v) is 14.7. The van der Waals surface area contributed by atoms with Gasteiger partial charge in [-0.2, -0.15) is 9.97 Å². The van der Waals surface area contributed by atoms with Gasteiger partial charge in [-0.05, 0) is 54.9 Å². The molecule has 1 saturated heterocycles. The van der Waals surface area contributed by atoms with Gasteiger partial charge in [-0.1, -0.05) is 55.3 Å². The first-order chi connectivity index (χ1) is 19.8. The van der Waals surface area contributed by atoms with Gasteiger partial charge in [0.25, 0.3) is 11.5 Å². The molecular formula is C28H29ClN8O3S. The Hall–Kier alpha value is -3.90. The fraction of sp³-hybridized carbons (Fsp3) is 0.357. The summed E-state index contributed by atoms with van der Waals surface area (Å²) in [6, 6.07) is 9.86. The van der Waals surface area contributed by atoms with E-state index in [9.17, 15) is 14.7 Å². The van der Waals surface area contributed by atoms with Gasteiger partial charge in [-0.25, -0.2) is 0 Å². The molecule has 4 aromatic rings. The molecule has 6 rings (SSSR count). The largest absolute Gasteiger partial charge is 0.493 e. The number of halogens is 1. The minimum absolute atomic E-state index is 0.205. The molecule has 1 aromatic carbocycles. The molecule has 212 valence electrons. The molecule has 2 aliphatic rings. The zero-order valence-electron chi connectivity index (χ0n) is 22.4. The Labute approximate surface area is 245 Å². The van der Waals surface area contributed by atoms with E-state index < -0.39 is 22.9 Å². The van der Waals surface area contributed by atoms with Gasteiger partial charge in [0.1, 0.15) is 5.65 Å². The van der Waals surface area contributed by atoms with Crippen LogP contribution in [0.15, 0.2) is 57.3 Å². The summed E-state index contributed by atoms with van der Waals surface area (Å²) in [5, 5.41) is 22.2. The van der Waals surface area contributed by atoms with E-state index in [0.717, 1.165) is 31.8 Å². The highest BCUT2D eigenvalue weighted by molar-refractivity contribution is 7.99. The van der Waals surface area contributed by atoms with Crippen LogP contribution >= 0.6 is 23.4 Å². The number of anilines is 3. The van der Waals surface area contributed by atoms with Gasteiger partial charge in [0.15, 0.2) is 16.4 Å². The second kappa shape index (κ2) is 10.8. The maximum Gasteiger partial charge on any atom is 0.274 e. The molecule has 0 radical (unpaired) electrons. The molecule has 2 fully saturated rings. The van der Waals surface area contributed by atoms with Gasteiger partial charge in [-0.15, -0.1) is 10.2 Å². The molecule has 0 unspecified atom stereocenters. The van der Waals surface area contributed by atoms with Gasteiger partial charge < -0.3 is 21.1 Å². The number of carbonyl (C=O) groups is 1. The maximum atomic E-state index is 13.0. The number of aromatic hydroxyl groups is 1. The number of hydrogen-bond donors (Lipinski definition) is 3. The van der Waals surface area contributed by atoms with Crippen molar-refractivity contribution in [3.63, 3.8) is 0 Å². The molecule has 1 saturated carbocycles. The van der Waals surface area contributed by atoms with Crippen molar-refractivity contribution < 1.29 is 9.90 Å². The number of aromatic nitrogens is 5. The first kappa shape index (κ1) is 27.3. The fourth-order valence-corrected chi connectivity index (χ4v) is 7.06. The first-order valence-electron chi connectivity index (χ1n) is 13.5. The summed E-state index contributed by atoms with van der Waals surface area (Å²) < 4.78 is 1.18. The van der Waals surface area contributed by atoms with E-state index in [1.807, 2.05) is 0 Å².